The number of allylic oxidation sites excluding steroid dienone is 2. The molecule has 1 fully saturated rings. The molecule has 178 valence electrons. The zero-order chi connectivity index (χ0) is 21.9. The smallest absolute Gasteiger partial charge is 0.114 e. The van der Waals surface area contributed by atoms with E-state index in [4.69, 9.17) is 14.6 Å². The van der Waals surface area contributed by atoms with Crippen molar-refractivity contribution in [3.8, 4) is 0 Å². The van der Waals surface area contributed by atoms with Gasteiger partial charge in [-0.05, 0) is 25.7 Å². The van der Waals surface area contributed by atoms with Gasteiger partial charge in [0.25, 0.3) is 0 Å². The van der Waals surface area contributed by atoms with Crippen LogP contribution < -0.4 is 0 Å². The summed E-state index contributed by atoms with van der Waals surface area (Å²) in [6, 6.07) is 0. The van der Waals surface area contributed by atoms with Crippen LogP contribution in [0.5, 0.6) is 0 Å². The number of hydrogen-bond donors (Lipinski definition) is 3. The van der Waals surface area contributed by atoms with Gasteiger partial charge in [0, 0.05) is 6.61 Å². The number of ether oxygens (including phenoxy) is 2. The third-order valence-corrected chi connectivity index (χ3v) is 5.95. The average molecular weight is 429 g/mol. The Morgan fingerprint density at radius 1 is 0.867 bits per heavy atom. The van der Waals surface area contributed by atoms with Crippen LogP contribution in [0.15, 0.2) is 12.2 Å². The molecular weight excluding hydrogens is 380 g/mol. The molecule has 0 aromatic carbocycles. The van der Waals surface area contributed by atoms with Crippen molar-refractivity contribution in [1.82, 2.24) is 0 Å². The van der Waals surface area contributed by atoms with Crippen LogP contribution in [0.25, 0.3) is 0 Å². The third-order valence-electron chi connectivity index (χ3n) is 5.95. The molecule has 5 heteroatoms. The zero-order valence-corrected chi connectivity index (χ0v) is 19.4. The first-order chi connectivity index (χ1) is 14.7. The molecule has 0 aliphatic carbocycles. The Kier molecular flexibility index (Phi) is 17.7. The van der Waals surface area contributed by atoms with Crippen molar-refractivity contribution in [3.05, 3.63) is 12.2 Å². The predicted octanol–water partition coefficient (Wildman–Crippen LogP) is 4.91. The quantitative estimate of drug-likeness (QED) is 0.190. The maximum Gasteiger partial charge on any atom is 0.114 e. The van der Waals surface area contributed by atoms with Crippen LogP contribution in [0.4, 0.5) is 0 Å². The van der Waals surface area contributed by atoms with Crippen LogP contribution in [-0.2, 0) is 9.47 Å². The lowest BCUT2D eigenvalue weighted by atomic mass is 10.0. The summed E-state index contributed by atoms with van der Waals surface area (Å²) in [6.45, 7) is 2.58. The highest BCUT2D eigenvalue weighted by atomic mass is 16.6. The molecule has 1 heterocycles. The first-order valence-corrected chi connectivity index (χ1v) is 12.6. The molecule has 0 spiro atoms. The highest BCUT2D eigenvalue weighted by molar-refractivity contribution is 4.89. The fourth-order valence-corrected chi connectivity index (χ4v) is 3.99. The van der Waals surface area contributed by atoms with Gasteiger partial charge in [-0.1, -0.05) is 89.7 Å². The molecule has 5 nitrogen and oxygen atoms in total. The van der Waals surface area contributed by atoms with Crippen LogP contribution in [-0.4, -0.2) is 59.6 Å². The second-order valence-electron chi connectivity index (χ2n) is 8.74. The van der Waals surface area contributed by atoms with E-state index in [9.17, 15) is 10.2 Å². The predicted molar refractivity (Wildman–Crippen MR) is 123 cm³/mol. The Labute approximate surface area is 184 Å². The Morgan fingerprint density at radius 3 is 1.97 bits per heavy atom. The van der Waals surface area contributed by atoms with Crippen molar-refractivity contribution in [2.45, 2.75) is 128 Å². The summed E-state index contributed by atoms with van der Waals surface area (Å²) < 4.78 is 11.1. The number of aliphatic hydroxyl groups excluding tert-OH is 3. The highest BCUT2D eigenvalue weighted by Gasteiger charge is 2.40. The van der Waals surface area contributed by atoms with Crippen molar-refractivity contribution >= 4 is 0 Å². The Hall–Kier alpha value is -0.460. The second kappa shape index (κ2) is 19.2. The van der Waals surface area contributed by atoms with Crippen LogP contribution in [0.2, 0.25) is 0 Å². The lowest BCUT2D eigenvalue weighted by Crippen LogP contribution is -2.42. The van der Waals surface area contributed by atoms with E-state index in [0.29, 0.717) is 6.61 Å². The normalized spacial score (nSPS) is 22.9. The fourth-order valence-electron chi connectivity index (χ4n) is 3.99. The van der Waals surface area contributed by atoms with Gasteiger partial charge in [-0.3, -0.25) is 0 Å². The van der Waals surface area contributed by atoms with Crippen LogP contribution in [0.3, 0.4) is 0 Å². The minimum Gasteiger partial charge on any atom is -0.394 e. The summed E-state index contributed by atoms with van der Waals surface area (Å²) in [5, 5.41) is 28.7. The van der Waals surface area contributed by atoms with Crippen molar-refractivity contribution in [2.75, 3.05) is 19.8 Å². The summed E-state index contributed by atoms with van der Waals surface area (Å²) >= 11 is 0. The van der Waals surface area contributed by atoms with Gasteiger partial charge in [-0.15, -0.1) is 0 Å². The molecule has 0 saturated carbocycles. The number of aliphatic hydroxyl groups is 3. The van der Waals surface area contributed by atoms with E-state index in [1.54, 1.807) is 0 Å². The fraction of sp³-hybridized carbons (Fsp3) is 0.920. The van der Waals surface area contributed by atoms with Gasteiger partial charge in [0.2, 0.25) is 0 Å². The van der Waals surface area contributed by atoms with Crippen molar-refractivity contribution in [1.29, 1.82) is 0 Å². The molecule has 1 aliphatic rings. The van der Waals surface area contributed by atoms with Gasteiger partial charge >= 0.3 is 0 Å². The van der Waals surface area contributed by atoms with E-state index in [1.807, 2.05) is 0 Å². The summed E-state index contributed by atoms with van der Waals surface area (Å²) in [5.41, 5.74) is 0. The summed E-state index contributed by atoms with van der Waals surface area (Å²) in [5.74, 6) is 0. The molecule has 1 aliphatic heterocycles. The molecule has 0 amide bonds. The van der Waals surface area contributed by atoms with E-state index in [0.717, 1.165) is 12.8 Å². The molecule has 0 unspecified atom stereocenters. The standard InChI is InChI=1S/C25H48O5/c1-2-3-4-5-6-7-8-9-10-11-12-13-14-15-16-17-18-19-29-25-23(28)21-30-24(25)22(27)20-26/h5-6,22-28H,2-4,7-21H2,1H3/b6-5+/t22-,23+,24-,25-/m0/s1. The van der Waals surface area contributed by atoms with Crippen molar-refractivity contribution in [2.24, 2.45) is 0 Å². The SMILES string of the molecule is CCCC/C=C/CCCCCCCCCCCCCO[C@@H]1[C@H]([C@@H](O)CO)OC[C@H]1O. The van der Waals surface area contributed by atoms with Crippen LogP contribution in [0.1, 0.15) is 103 Å². The number of unbranched alkanes of at least 4 members (excludes halogenated alkanes) is 13. The van der Waals surface area contributed by atoms with Crippen LogP contribution in [0, 0.1) is 0 Å². The number of rotatable bonds is 20. The maximum absolute atomic E-state index is 9.90. The first kappa shape index (κ1) is 27.6. The minimum absolute atomic E-state index is 0.155. The third kappa shape index (κ3) is 13.1. The lowest BCUT2D eigenvalue weighted by Gasteiger charge is -2.23. The van der Waals surface area contributed by atoms with Gasteiger partial charge in [0.05, 0.1) is 13.2 Å². The highest BCUT2D eigenvalue weighted by Crippen LogP contribution is 2.21. The molecule has 0 aromatic heterocycles. The maximum atomic E-state index is 9.90. The molecule has 1 rings (SSSR count). The van der Waals surface area contributed by atoms with Crippen LogP contribution >= 0.6 is 0 Å². The van der Waals surface area contributed by atoms with Gasteiger partial charge in [0.15, 0.2) is 0 Å². The lowest BCUT2D eigenvalue weighted by molar-refractivity contribution is -0.0938. The van der Waals surface area contributed by atoms with Gasteiger partial charge in [-0.25, -0.2) is 0 Å². The van der Waals surface area contributed by atoms with Gasteiger partial charge in [-0.2, -0.15) is 0 Å². The summed E-state index contributed by atoms with van der Waals surface area (Å²) in [4.78, 5) is 0. The zero-order valence-electron chi connectivity index (χ0n) is 19.4. The molecule has 30 heavy (non-hydrogen) atoms. The molecule has 0 bridgehead atoms. The van der Waals surface area contributed by atoms with E-state index in [1.165, 1.54) is 83.5 Å². The topological polar surface area (TPSA) is 79.2 Å². The van der Waals surface area contributed by atoms with E-state index < -0.39 is 24.4 Å². The van der Waals surface area contributed by atoms with Gasteiger partial charge < -0.3 is 24.8 Å². The van der Waals surface area contributed by atoms with Crippen molar-refractivity contribution in [3.63, 3.8) is 0 Å². The average Bonchev–Trinajstić information content (AvgIpc) is 3.12. The molecule has 3 N–H and O–H groups in total. The Morgan fingerprint density at radius 2 is 1.40 bits per heavy atom. The monoisotopic (exact) mass is 428 g/mol. The minimum atomic E-state index is -1.00. The Balaban J connectivity index is 1.83. The molecule has 0 radical (unpaired) electrons. The van der Waals surface area contributed by atoms with E-state index in [-0.39, 0.29) is 13.2 Å². The molecule has 0 aromatic rings. The molecule has 1 saturated heterocycles. The number of hydrogen-bond acceptors (Lipinski definition) is 5. The Bertz CT molecular complexity index is 401. The summed E-state index contributed by atoms with van der Waals surface area (Å²) in [7, 11) is 0. The van der Waals surface area contributed by atoms with E-state index in [2.05, 4.69) is 19.1 Å². The second-order valence-corrected chi connectivity index (χ2v) is 8.74. The van der Waals surface area contributed by atoms with Gasteiger partial charge in [0.1, 0.15) is 24.4 Å². The molecule has 4 atom stereocenters. The molecular formula is C25H48O5. The van der Waals surface area contributed by atoms with Crippen molar-refractivity contribution < 1.29 is 24.8 Å². The largest absolute Gasteiger partial charge is 0.394 e. The van der Waals surface area contributed by atoms with E-state index >= 15 is 0 Å². The first-order valence-electron chi connectivity index (χ1n) is 12.6. The summed E-state index contributed by atoms with van der Waals surface area (Å²) in [6.07, 6.45) is 21.0.